The van der Waals surface area contributed by atoms with Crippen LogP contribution in [0.1, 0.15) is 31.4 Å². The third kappa shape index (κ3) is 4.66. The standard InChI is InChI=1S/C25H25N3O4S/c1-25(2)16-24(30)28(21-5-3-4-6-22(21)33(25,31)32)17-23(29)27-20-9-7-18(8-10-20)15-19-11-13-26-14-12-19/h3-14H,15-17H2,1-2H3,(H,27,29). The van der Waals surface area contributed by atoms with Gasteiger partial charge in [0.2, 0.25) is 11.8 Å². The number of aromatic nitrogens is 1. The molecule has 2 amide bonds. The number of carbonyl (C=O) groups is 2. The van der Waals surface area contributed by atoms with E-state index in [-0.39, 0.29) is 23.5 Å². The Bertz CT molecular complexity index is 1290. The van der Waals surface area contributed by atoms with Gasteiger partial charge >= 0.3 is 0 Å². The van der Waals surface area contributed by atoms with E-state index in [1.54, 1.807) is 42.7 Å². The number of nitrogens with one attached hydrogen (secondary N) is 1. The van der Waals surface area contributed by atoms with Gasteiger partial charge in [0.05, 0.1) is 15.3 Å². The SMILES string of the molecule is CC1(C)CC(=O)N(CC(=O)Nc2ccc(Cc3ccncc3)cc2)c2ccccc2S1(=O)=O. The maximum atomic E-state index is 13.1. The third-order valence-electron chi connectivity index (χ3n) is 5.75. The molecule has 0 saturated carbocycles. The smallest absolute Gasteiger partial charge is 0.244 e. The van der Waals surface area contributed by atoms with Gasteiger partial charge in [-0.2, -0.15) is 0 Å². The maximum Gasteiger partial charge on any atom is 0.244 e. The molecule has 0 fully saturated rings. The Kier molecular flexibility index (Phi) is 6.03. The van der Waals surface area contributed by atoms with Crippen molar-refractivity contribution in [3.8, 4) is 0 Å². The normalized spacial score (nSPS) is 16.5. The van der Waals surface area contributed by atoms with Crippen molar-refractivity contribution in [3.63, 3.8) is 0 Å². The molecule has 0 spiro atoms. The molecule has 33 heavy (non-hydrogen) atoms. The Balaban J connectivity index is 1.50. The topological polar surface area (TPSA) is 96.4 Å². The second kappa shape index (κ2) is 8.78. The molecule has 2 heterocycles. The van der Waals surface area contributed by atoms with E-state index in [1.165, 1.54) is 24.8 Å². The number of anilines is 2. The summed E-state index contributed by atoms with van der Waals surface area (Å²) in [5.41, 5.74) is 3.05. The maximum absolute atomic E-state index is 13.1. The van der Waals surface area contributed by atoms with Crippen LogP contribution in [0.15, 0.2) is 78.0 Å². The highest BCUT2D eigenvalue weighted by Gasteiger charge is 2.44. The summed E-state index contributed by atoms with van der Waals surface area (Å²) in [4.78, 5) is 31.1. The first-order valence-corrected chi connectivity index (χ1v) is 12.1. The molecule has 0 saturated heterocycles. The van der Waals surface area contributed by atoms with Crippen LogP contribution in [0.4, 0.5) is 11.4 Å². The fourth-order valence-electron chi connectivity index (χ4n) is 3.85. The zero-order valence-electron chi connectivity index (χ0n) is 18.5. The van der Waals surface area contributed by atoms with Gasteiger partial charge in [-0.1, -0.05) is 24.3 Å². The van der Waals surface area contributed by atoms with Crippen molar-refractivity contribution in [3.05, 3.63) is 84.2 Å². The van der Waals surface area contributed by atoms with Gasteiger partial charge < -0.3 is 10.2 Å². The summed E-state index contributed by atoms with van der Waals surface area (Å²) in [6.45, 7) is 2.79. The number of para-hydroxylation sites is 1. The first-order chi connectivity index (χ1) is 15.7. The van der Waals surface area contributed by atoms with Crippen LogP contribution in [0, 0.1) is 0 Å². The third-order valence-corrected chi connectivity index (χ3v) is 8.27. The van der Waals surface area contributed by atoms with Crippen molar-refractivity contribution in [1.29, 1.82) is 0 Å². The van der Waals surface area contributed by atoms with Gasteiger partial charge in [-0.3, -0.25) is 14.6 Å². The van der Waals surface area contributed by atoms with E-state index in [1.807, 2.05) is 24.3 Å². The average molecular weight is 464 g/mol. The molecule has 2 aromatic carbocycles. The summed E-state index contributed by atoms with van der Waals surface area (Å²) in [5, 5.41) is 2.80. The molecule has 1 N–H and O–H groups in total. The van der Waals surface area contributed by atoms with Crippen LogP contribution in [0.2, 0.25) is 0 Å². The average Bonchev–Trinajstić information content (AvgIpc) is 2.83. The predicted molar refractivity (Wildman–Crippen MR) is 127 cm³/mol. The minimum absolute atomic E-state index is 0.0640. The zero-order valence-corrected chi connectivity index (χ0v) is 19.3. The highest BCUT2D eigenvalue weighted by molar-refractivity contribution is 7.93. The predicted octanol–water partition coefficient (Wildman–Crippen LogP) is 3.60. The Hall–Kier alpha value is -3.52. The lowest BCUT2D eigenvalue weighted by atomic mass is 10.1. The van der Waals surface area contributed by atoms with Crippen molar-refractivity contribution in [1.82, 2.24) is 4.98 Å². The molecule has 7 nitrogen and oxygen atoms in total. The molecule has 1 aliphatic heterocycles. The van der Waals surface area contributed by atoms with Gasteiger partial charge in [-0.15, -0.1) is 0 Å². The van der Waals surface area contributed by atoms with E-state index in [4.69, 9.17) is 0 Å². The second-order valence-corrected chi connectivity index (χ2v) is 11.2. The summed E-state index contributed by atoms with van der Waals surface area (Å²) in [7, 11) is -3.75. The van der Waals surface area contributed by atoms with Crippen molar-refractivity contribution < 1.29 is 18.0 Å². The van der Waals surface area contributed by atoms with Crippen molar-refractivity contribution in [2.45, 2.75) is 36.3 Å². The molecule has 1 aromatic heterocycles. The van der Waals surface area contributed by atoms with E-state index in [9.17, 15) is 18.0 Å². The lowest BCUT2D eigenvalue weighted by Gasteiger charge is -2.22. The number of fused-ring (bicyclic) bond motifs is 1. The zero-order chi connectivity index (χ0) is 23.6. The monoisotopic (exact) mass is 463 g/mol. The minimum Gasteiger partial charge on any atom is -0.325 e. The Morgan fingerprint density at radius 2 is 1.64 bits per heavy atom. The van der Waals surface area contributed by atoms with Crippen molar-refractivity contribution in [2.24, 2.45) is 0 Å². The molecule has 1 aliphatic rings. The Morgan fingerprint density at radius 3 is 2.33 bits per heavy atom. The molecular weight excluding hydrogens is 438 g/mol. The fourth-order valence-corrected chi connectivity index (χ4v) is 5.47. The summed E-state index contributed by atoms with van der Waals surface area (Å²) >= 11 is 0. The van der Waals surface area contributed by atoms with Crippen LogP contribution in [0.3, 0.4) is 0 Å². The number of sulfone groups is 1. The highest BCUT2D eigenvalue weighted by atomic mass is 32.2. The molecule has 0 bridgehead atoms. The molecule has 0 unspecified atom stereocenters. The molecule has 0 atom stereocenters. The minimum atomic E-state index is -3.75. The largest absolute Gasteiger partial charge is 0.325 e. The lowest BCUT2D eigenvalue weighted by Crippen LogP contribution is -2.40. The van der Waals surface area contributed by atoms with E-state index >= 15 is 0 Å². The van der Waals surface area contributed by atoms with Crippen molar-refractivity contribution in [2.75, 3.05) is 16.8 Å². The summed E-state index contributed by atoms with van der Waals surface area (Å²) < 4.78 is 24.9. The fraction of sp³-hybridized carbons (Fsp3) is 0.240. The number of rotatable bonds is 5. The molecule has 4 rings (SSSR count). The first-order valence-electron chi connectivity index (χ1n) is 10.6. The number of hydrogen-bond acceptors (Lipinski definition) is 5. The Morgan fingerprint density at radius 1 is 1.00 bits per heavy atom. The molecular formula is C25H25N3O4S. The van der Waals surface area contributed by atoms with Crippen LogP contribution in [0.5, 0.6) is 0 Å². The van der Waals surface area contributed by atoms with Gasteiger partial charge in [0, 0.05) is 24.5 Å². The number of pyridine rings is 1. The van der Waals surface area contributed by atoms with Gasteiger partial charge in [-0.25, -0.2) is 8.42 Å². The summed E-state index contributed by atoms with van der Waals surface area (Å²) in [5.74, 6) is -0.812. The van der Waals surface area contributed by atoms with Crippen LogP contribution in [-0.4, -0.2) is 36.5 Å². The van der Waals surface area contributed by atoms with Gasteiger partial charge in [0.25, 0.3) is 0 Å². The number of nitrogens with zero attached hydrogens (tertiary/aromatic N) is 2. The number of hydrogen-bond donors (Lipinski definition) is 1. The van der Waals surface area contributed by atoms with Crippen LogP contribution >= 0.6 is 0 Å². The summed E-state index contributed by atoms with van der Waals surface area (Å²) in [6, 6.07) is 17.7. The first kappa shape index (κ1) is 22.7. The number of carbonyl (C=O) groups excluding carboxylic acids is 2. The molecule has 3 aromatic rings. The number of amides is 2. The van der Waals surface area contributed by atoms with Crippen LogP contribution in [-0.2, 0) is 25.8 Å². The second-order valence-electron chi connectivity index (χ2n) is 8.66. The van der Waals surface area contributed by atoms with Gasteiger partial charge in [0.15, 0.2) is 9.84 Å². The van der Waals surface area contributed by atoms with Crippen molar-refractivity contribution >= 4 is 33.0 Å². The highest BCUT2D eigenvalue weighted by Crippen LogP contribution is 2.38. The quantitative estimate of drug-likeness (QED) is 0.624. The van der Waals surface area contributed by atoms with E-state index in [2.05, 4.69) is 10.3 Å². The molecule has 170 valence electrons. The van der Waals surface area contributed by atoms with E-state index in [0.29, 0.717) is 5.69 Å². The lowest BCUT2D eigenvalue weighted by molar-refractivity contribution is -0.121. The van der Waals surface area contributed by atoms with Gasteiger partial charge in [-0.05, 0) is 67.8 Å². The molecule has 0 radical (unpaired) electrons. The summed E-state index contributed by atoms with van der Waals surface area (Å²) in [6.07, 6.45) is 4.04. The van der Waals surface area contributed by atoms with E-state index < -0.39 is 26.4 Å². The van der Waals surface area contributed by atoms with Crippen LogP contribution < -0.4 is 10.2 Å². The Labute approximate surface area is 193 Å². The van der Waals surface area contributed by atoms with Crippen LogP contribution in [0.25, 0.3) is 0 Å². The van der Waals surface area contributed by atoms with E-state index in [0.717, 1.165) is 17.5 Å². The number of benzene rings is 2. The molecule has 8 heteroatoms. The van der Waals surface area contributed by atoms with Gasteiger partial charge in [0.1, 0.15) is 6.54 Å². The molecule has 0 aliphatic carbocycles.